The molecule has 2 N–H and O–H groups in total. The zero-order valence-corrected chi connectivity index (χ0v) is 12.5. The maximum absolute atomic E-state index is 11.9. The zero-order chi connectivity index (χ0) is 14.4. The average molecular weight is 338 g/mol. The summed E-state index contributed by atoms with van der Waals surface area (Å²) in [5.41, 5.74) is 0.294. The summed E-state index contributed by atoms with van der Waals surface area (Å²) in [4.78, 5) is 15.8. The van der Waals surface area contributed by atoms with Gasteiger partial charge >= 0.3 is 0 Å². The van der Waals surface area contributed by atoms with Crippen molar-refractivity contribution in [1.82, 2.24) is 14.9 Å². The number of nitrogens with zero attached hydrogens (tertiary/aromatic N) is 2. The summed E-state index contributed by atoms with van der Waals surface area (Å²) in [5.74, 6) is -0.270. The van der Waals surface area contributed by atoms with Crippen LogP contribution in [-0.2, 0) is 6.54 Å². The second-order valence-electron chi connectivity index (χ2n) is 4.42. The molecule has 20 heavy (non-hydrogen) atoms. The lowest BCUT2D eigenvalue weighted by Gasteiger charge is -2.07. The Hall–Kier alpha value is -1.82. The fourth-order valence-electron chi connectivity index (χ4n) is 1.83. The molecule has 0 bridgehead atoms. The molecular weight excluding hydrogens is 322 g/mol. The molecule has 2 rings (SSSR count). The number of aromatic nitrogens is 2. The topological polar surface area (TPSA) is 67.2 Å². The van der Waals surface area contributed by atoms with Gasteiger partial charge in [-0.1, -0.05) is 15.9 Å². The molecule has 2 aromatic rings. The highest BCUT2D eigenvalue weighted by molar-refractivity contribution is 9.10. The van der Waals surface area contributed by atoms with Gasteiger partial charge in [0.1, 0.15) is 5.75 Å². The predicted molar refractivity (Wildman–Crippen MR) is 79.6 cm³/mol. The molecule has 5 nitrogen and oxygen atoms in total. The molecule has 0 saturated carbocycles. The number of hydrogen-bond acceptors (Lipinski definition) is 3. The fraction of sp³-hybridized carbons (Fsp3) is 0.286. The summed E-state index contributed by atoms with van der Waals surface area (Å²) >= 11 is 3.24. The normalized spacial score (nSPS) is 10.4. The third kappa shape index (κ3) is 4.09. The number of aromatic hydroxyl groups is 1. The first-order chi connectivity index (χ1) is 9.66. The van der Waals surface area contributed by atoms with Gasteiger partial charge in [0.15, 0.2) is 0 Å². The second-order valence-corrected chi connectivity index (χ2v) is 5.34. The van der Waals surface area contributed by atoms with Crippen molar-refractivity contribution in [3.05, 3.63) is 47.0 Å². The molecule has 0 aliphatic heterocycles. The van der Waals surface area contributed by atoms with Gasteiger partial charge in [-0.25, -0.2) is 4.98 Å². The SMILES string of the molecule is O=C(NCCCCn1ccnc1)c1ccc(Br)cc1O. The Bertz CT molecular complexity index is 570. The molecule has 1 amide bonds. The quantitative estimate of drug-likeness (QED) is 0.796. The maximum Gasteiger partial charge on any atom is 0.255 e. The van der Waals surface area contributed by atoms with Crippen molar-refractivity contribution in [3.63, 3.8) is 0 Å². The molecule has 0 saturated heterocycles. The van der Waals surface area contributed by atoms with Gasteiger partial charge in [0.05, 0.1) is 11.9 Å². The molecule has 1 aromatic carbocycles. The third-order valence-electron chi connectivity index (χ3n) is 2.89. The molecular formula is C14H16BrN3O2. The van der Waals surface area contributed by atoms with Crippen LogP contribution in [0.5, 0.6) is 5.75 Å². The standard InChI is InChI=1S/C14H16BrN3O2/c15-11-3-4-12(13(19)9-11)14(20)17-5-1-2-7-18-8-6-16-10-18/h3-4,6,8-10,19H,1-2,5,7H2,(H,17,20). The van der Waals surface area contributed by atoms with Crippen molar-refractivity contribution >= 4 is 21.8 Å². The number of amides is 1. The Balaban J connectivity index is 1.72. The molecule has 1 heterocycles. The number of carbonyl (C=O) groups is 1. The Morgan fingerprint density at radius 2 is 2.25 bits per heavy atom. The van der Waals surface area contributed by atoms with Crippen LogP contribution in [0.1, 0.15) is 23.2 Å². The van der Waals surface area contributed by atoms with E-state index >= 15 is 0 Å². The molecule has 0 spiro atoms. The van der Waals surface area contributed by atoms with Crippen LogP contribution in [0.15, 0.2) is 41.4 Å². The van der Waals surface area contributed by atoms with E-state index in [1.165, 1.54) is 6.07 Å². The number of imidazole rings is 1. The minimum Gasteiger partial charge on any atom is -0.507 e. The number of benzene rings is 1. The largest absolute Gasteiger partial charge is 0.507 e. The van der Waals surface area contributed by atoms with Crippen LogP contribution in [0.4, 0.5) is 0 Å². The molecule has 0 aliphatic carbocycles. The van der Waals surface area contributed by atoms with Crippen LogP contribution in [0.3, 0.4) is 0 Å². The molecule has 0 unspecified atom stereocenters. The molecule has 106 valence electrons. The first-order valence-electron chi connectivity index (χ1n) is 6.39. The van der Waals surface area contributed by atoms with Gasteiger partial charge in [-0.05, 0) is 31.0 Å². The van der Waals surface area contributed by atoms with Crippen LogP contribution < -0.4 is 5.32 Å². The summed E-state index contributed by atoms with van der Waals surface area (Å²) in [6, 6.07) is 4.84. The lowest BCUT2D eigenvalue weighted by atomic mass is 10.2. The van der Waals surface area contributed by atoms with E-state index in [0.717, 1.165) is 23.9 Å². The van der Waals surface area contributed by atoms with Crippen LogP contribution in [0.2, 0.25) is 0 Å². The number of unbranched alkanes of at least 4 members (excludes halogenated alkanes) is 1. The zero-order valence-electron chi connectivity index (χ0n) is 10.9. The Kier molecular flexibility index (Phi) is 5.17. The molecule has 6 heteroatoms. The minimum atomic E-state index is -0.252. The van der Waals surface area contributed by atoms with Gasteiger partial charge in [0, 0.05) is 30.0 Å². The van der Waals surface area contributed by atoms with Gasteiger partial charge in [-0.2, -0.15) is 0 Å². The van der Waals surface area contributed by atoms with Crippen molar-refractivity contribution in [3.8, 4) is 5.75 Å². The predicted octanol–water partition coefficient (Wildman–Crippen LogP) is 2.56. The van der Waals surface area contributed by atoms with Gasteiger partial charge in [0.2, 0.25) is 0 Å². The first kappa shape index (κ1) is 14.6. The van der Waals surface area contributed by atoms with Crippen molar-refractivity contribution in [2.24, 2.45) is 0 Å². The van der Waals surface area contributed by atoms with E-state index in [4.69, 9.17) is 0 Å². The molecule has 0 atom stereocenters. The summed E-state index contributed by atoms with van der Waals surface area (Å²) in [7, 11) is 0. The van der Waals surface area contributed by atoms with Crippen LogP contribution in [-0.4, -0.2) is 27.1 Å². The van der Waals surface area contributed by atoms with Crippen molar-refractivity contribution in [1.29, 1.82) is 0 Å². The number of aryl methyl sites for hydroxylation is 1. The number of hydrogen-bond donors (Lipinski definition) is 2. The van der Waals surface area contributed by atoms with Gasteiger partial charge in [-0.15, -0.1) is 0 Å². The monoisotopic (exact) mass is 337 g/mol. The number of phenolic OH excluding ortho intramolecular Hbond substituents is 1. The van der Waals surface area contributed by atoms with Crippen LogP contribution in [0, 0.1) is 0 Å². The summed E-state index contributed by atoms with van der Waals surface area (Å²) in [5, 5.41) is 12.5. The smallest absolute Gasteiger partial charge is 0.255 e. The van der Waals surface area contributed by atoms with Crippen LogP contribution in [0.25, 0.3) is 0 Å². The Morgan fingerprint density at radius 3 is 2.95 bits per heavy atom. The Labute approximate surface area is 125 Å². The second kappa shape index (κ2) is 7.09. The van der Waals surface area contributed by atoms with Gasteiger partial charge in [-0.3, -0.25) is 4.79 Å². The fourth-order valence-corrected chi connectivity index (χ4v) is 2.18. The molecule has 1 aromatic heterocycles. The summed E-state index contributed by atoms with van der Waals surface area (Å²) in [6.07, 6.45) is 7.28. The van der Waals surface area contributed by atoms with Crippen LogP contribution >= 0.6 is 15.9 Å². The molecule has 0 fully saturated rings. The van der Waals surface area contributed by atoms with E-state index in [0.29, 0.717) is 12.1 Å². The highest BCUT2D eigenvalue weighted by atomic mass is 79.9. The highest BCUT2D eigenvalue weighted by Gasteiger charge is 2.10. The van der Waals surface area contributed by atoms with Gasteiger partial charge in [0.25, 0.3) is 5.91 Å². The van der Waals surface area contributed by atoms with Crippen molar-refractivity contribution in [2.75, 3.05) is 6.54 Å². The van der Waals surface area contributed by atoms with Gasteiger partial charge < -0.3 is 15.0 Å². The van der Waals surface area contributed by atoms with E-state index in [1.54, 1.807) is 24.7 Å². The average Bonchev–Trinajstić information content (AvgIpc) is 2.91. The van der Waals surface area contributed by atoms with Crippen molar-refractivity contribution < 1.29 is 9.90 Å². The maximum atomic E-state index is 11.9. The van der Waals surface area contributed by atoms with E-state index in [-0.39, 0.29) is 11.7 Å². The summed E-state index contributed by atoms with van der Waals surface area (Å²) in [6.45, 7) is 1.47. The third-order valence-corrected chi connectivity index (χ3v) is 3.39. The lowest BCUT2D eigenvalue weighted by molar-refractivity contribution is 0.0950. The molecule has 0 aliphatic rings. The Morgan fingerprint density at radius 1 is 1.40 bits per heavy atom. The number of phenols is 1. The van der Waals surface area contributed by atoms with Crippen molar-refractivity contribution in [2.45, 2.75) is 19.4 Å². The number of rotatable bonds is 6. The van der Waals surface area contributed by atoms with E-state index in [2.05, 4.69) is 26.2 Å². The van der Waals surface area contributed by atoms with E-state index in [9.17, 15) is 9.90 Å². The number of carbonyl (C=O) groups excluding carboxylic acids is 1. The summed E-state index contributed by atoms with van der Waals surface area (Å²) < 4.78 is 2.74. The highest BCUT2D eigenvalue weighted by Crippen LogP contribution is 2.21. The van der Waals surface area contributed by atoms with E-state index < -0.39 is 0 Å². The number of halogens is 1. The lowest BCUT2D eigenvalue weighted by Crippen LogP contribution is -2.24. The minimum absolute atomic E-state index is 0.0182. The number of nitrogens with one attached hydrogen (secondary N) is 1. The van der Waals surface area contributed by atoms with E-state index in [1.807, 2.05) is 10.8 Å². The first-order valence-corrected chi connectivity index (χ1v) is 7.18. The molecule has 0 radical (unpaired) electrons.